The van der Waals surface area contributed by atoms with E-state index >= 15 is 0 Å². The number of benzene rings is 1. The van der Waals surface area contributed by atoms with Crippen LogP contribution in [0, 0.1) is 35.5 Å². The highest BCUT2D eigenvalue weighted by Crippen LogP contribution is 2.30. The molecule has 0 aliphatic carbocycles. The van der Waals surface area contributed by atoms with Gasteiger partial charge in [0.05, 0.1) is 83.0 Å². The third-order valence-electron chi connectivity index (χ3n) is 13.6. The van der Waals surface area contributed by atoms with Gasteiger partial charge in [0.15, 0.2) is 0 Å². The van der Waals surface area contributed by atoms with Crippen LogP contribution in [-0.4, -0.2) is 197 Å². The van der Waals surface area contributed by atoms with Crippen molar-refractivity contribution in [2.45, 2.75) is 136 Å². The van der Waals surface area contributed by atoms with E-state index in [1.165, 1.54) is 33.3 Å². The highest BCUT2D eigenvalue weighted by molar-refractivity contribution is 6.02. The van der Waals surface area contributed by atoms with Gasteiger partial charge in [0, 0.05) is 66.2 Å². The molecule has 0 spiro atoms. The summed E-state index contributed by atoms with van der Waals surface area (Å²) in [5.41, 5.74) is 0.841. The molecular formula is C54H85N7O15. The maximum atomic E-state index is 14.6. The summed E-state index contributed by atoms with van der Waals surface area (Å²) >= 11 is 0. The van der Waals surface area contributed by atoms with E-state index in [-0.39, 0.29) is 88.9 Å². The number of carbonyl (C=O) groups is 9. The fourth-order valence-electron chi connectivity index (χ4n) is 9.22. The Labute approximate surface area is 448 Å². The van der Waals surface area contributed by atoms with Crippen molar-refractivity contribution in [1.82, 2.24) is 36.0 Å². The Morgan fingerprint density at radius 3 is 1.87 bits per heavy atom. The number of likely N-dealkylation sites (N-methyl/N-ethyl adjacent to an activating group) is 2. The van der Waals surface area contributed by atoms with Gasteiger partial charge in [-0.2, -0.15) is 0 Å². The molecule has 0 aromatic heterocycles. The number of carboxylic acid groups (broad SMARTS) is 1. The number of nitrogens with one attached hydrogen (secondary N) is 4. The Bertz CT molecular complexity index is 2120. The first-order valence-electron chi connectivity index (χ1n) is 26.1. The molecule has 2 rings (SSSR count). The van der Waals surface area contributed by atoms with E-state index in [0.29, 0.717) is 25.8 Å². The van der Waals surface area contributed by atoms with Crippen LogP contribution in [0.4, 0.5) is 0 Å². The minimum absolute atomic E-state index is 0.000982. The summed E-state index contributed by atoms with van der Waals surface area (Å²) in [6.45, 7) is 13.5. The van der Waals surface area contributed by atoms with Crippen LogP contribution in [0.5, 0.6) is 0 Å². The normalized spacial score (nSPS) is 16.3. The van der Waals surface area contributed by atoms with Gasteiger partial charge >= 0.3 is 11.9 Å². The van der Waals surface area contributed by atoms with Crippen molar-refractivity contribution in [3.8, 4) is 11.8 Å². The van der Waals surface area contributed by atoms with Gasteiger partial charge in [0.1, 0.15) is 18.1 Å². The Hall–Kier alpha value is -6.15. The Balaban J connectivity index is 2.09. The molecule has 76 heavy (non-hydrogen) atoms. The molecule has 22 nitrogen and oxygen atoms in total. The van der Waals surface area contributed by atoms with E-state index in [1.807, 2.05) is 58.0 Å². The van der Waals surface area contributed by atoms with E-state index < -0.39 is 95.7 Å². The number of methoxy groups -OCH3 is 3. The number of nitrogens with zero attached hydrogens (tertiary/aromatic N) is 3. The van der Waals surface area contributed by atoms with E-state index in [9.17, 15) is 43.2 Å². The molecule has 1 aromatic rings. The fourth-order valence-corrected chi connectivity index (χ4v) is 9.22. The molecule has 0 saturated carbocycles. The predicted octanol–water partition coefficient (Wildman–Crippen LogP) is 1.56. The fraction of sp³-hybridized carbons (Fsp3) is 0.685. The molecule has 1 heterocycles. The zero-order chi connectivity index (χ0) is 57.1. The average molecular weight is 1070 g/mol. The second kappa shape index (κ2) is 34.5. The number of hydrogen-bond acceptors (Lipinski definition) is 14. The number of carbonyl (C=O) groups excluding carboxylic acids is 8. The molecule has 0 radical (unpaired) electrons. The number of hydrogen-bond donors (Lipinski definition) is 5. The van der Waals surface area contributed by atoms with Crippen molar-refractivity contribution in [2.24, 2.45) is 23.7 Å². The molecule has 1 fully saturated rings. The third-order valence-corrected chi connectivity index (χ3v) is 13.6. The van der Waals surface area contributed by atoms with Crippen molar-refractivity contribution in [2.75, 3.05) is 81.5 Å². The number of esters is 1. The highest BCUT2D eigenvalue weighted by atomic mass is 16.5. The molecule has 22 heteroatoms. The largest absolute Gasteiger partial charge is 0.481 e. The summed E-state index contributed by atoms with van der Waals surface area (Å²) in [7, 11) is 7.40. The van der Waals surface area contributed by atoms with Gasteiger partial charge in [-0.05, 0) is 36.2 Å². The molecule has 1 saturated heterocycles. The molecule has 1 aromatic carbocycles. The molecule has 1 aliphatic heterocycles. The molecular weight excluding hydrogens is 987 g/mol. The van der Waals surface area contributed by atoms with Crippen molar-refractivity contribution >= 4 is 53.3 Å². The number of carboxylic acids is 1. The first-order valence-corrected chi connectivity index (χ1v) is 26.1. The summed E-state index contributed by atoms with van der Waals surface area (Å²) < 4.78 is 27.6. The standard InChI is InChI=1S/C54H85N7O15/c1-13-36(6)49(41(72-10)33-45(65)61-27-17-20-40(61)50(73-11)37(7)51(68)57-39(54(71)74-12)32-38-18-15-14-16-19-38)60(9)53(70)47(34(2)3)58-52(69)48(35(4)5)59(8)44(64)23-28-75-30-25-55-42(62)21-22-43(63)56-26-31-76-29-24-46(66)67/h14-16,18-19,34-37,39-41,47-50H,13,17,20,23-33H2,1-12H3,(H,55,62)(H,56,63)(H,57,68)(H,58,69)(H,66,67)/t36?,37-,39?,40+,41?,47+,48+,49+,50-/m1/s1. The summed E-state index contributed by atoms with van der Waals surface area (Å²) in [6, 6.07) is 5.28. The quantitative estimate of drug-likeness (QED) is 0.0380. The lowest BCUT2D eigenvalue weighted by molar-refractivity contribution is -0.149. The van der Waals surface area contributed by atoms with Gasteiger partial charge in [0.25, 0.3) is 11.8 Å². The molecule has 7 amide bonds. The lowest BCUT2D eigenvalue weighted by Crippen LogP contribution is -2.60. The second-order valence-electron chi connectivity index (χ2n) is 19.7. The zero-order valence-electron chi connectivity index (χ0n) is 46.6. The monoisotopic (exact) mass is 1070 g/mol. The molecule has 1 aliphatic rings. The topological polar surface area (TPSA) is 278 Å². The van der Waals surface area contributed by atoms with Gasteiger partial charge in [-0.1, -0.05) is 85.2 Å². The minimum Gasteiger partial charge on any atom is -0.481 e. The first-order chi connectivity index (χ1) is 36.0. The Kier molecular flexibility index (Phi) is 29.9. The van der Waals surface area contributed by atoms with Crippen LogP contribution in [0.1, 0.15) is 92.6 Å². The van der Waals surface area contributed by atoms with Gasteiger partial charge in [-0.3, -0.25) is 38.4 Å². The summed E-state index contributed by atoms with van der Waals surface area (Å²) in [6.07, 6.45) is 0.266. The number of aliphatic carboxylic acids is 1. The van der Waals surface area contributed by atoms with Crippen LogP contribution in [0.2, 0.25) is 0 Å². The van der Waals surface area contributed by atoms with Crippen molar-refractivity contribution in [1.29, 1.82) is 0 Å². The van der Waals surface area contributed by atoms with Crippen molar-refractivity contribution in [3.05, 3.63) is 35.9 Å². The lowest BCUT2D eigenvalue weighted by Gasteiger charge is -2.41. The molecule has 0 bridgehead atoms. The van der Waals surface area contributed by atoms with Gasteiger partial charge in [-0.15, -0.1) is 0 Å². The van der Waals surface area contributed by atoms with Crippen LogP contribution >= 0.6 is 0 Å². The van der Waals surface area contributed by atoms with E-state index in [1.54, 1.807) is 37.6 Å². The number of rotatable bonds is 33. The number of amides is 7. The minimum atomic E-state index is -1.01. The maximum absolute atomic E-state index is 14.6. The summed E-state index contributed by atoms with van der Waals surface area (Å²) in [5, 5.41) is 19.3. The van der Waals surface area contributed by atoms with E-state index in [0.717, 1.165) is 5.56 Å². The number of likely N-dealkylation sites (tertiary alicyclic amines) is 1. The molecule has 426 valence electrons. The van der Waals surface area contributed by atoms with Crippen LogP contribution in [0.15, 0.2) is 30.3 Å². The zero-order valence-corrected chi connectivity index (χ0v) is 46.6. The Morgan fingerprint density at radius 1 is 0.763 bits per heavy atom. The van der Waals surface area contributed by atoms with Crippen LogP contribution in [0.25, 0.3) is 0 Å². The first kappa shape index (κ1) is 66.0. The van der Waals surface area contributed by atoms with Crippen LogP contribution < -0.4 is 21.3 Å². The van der Waals surface area contributed by atoms with Crippen molar-refractivity contribution in [3.63, 3.8) is 0 Å². The number of ether oxygens (including phenoxy) is 5. The maximum Gasteiger partial charge on any atom is 0.328 e. The average Bonchev–Trinajstić information content (AvgIpc) is 3.88. The molecule has 9 atom stereocenters. The third kappa shape index (κ3) is 21.5. The smallest absolute Gasteiger partial charge is 0.328 e. The highest BCUT2D eigenvalue weighted by Gasteiger charge is 2.44. The van der Waals surface area contributed by atoms with Crippen LogP contribution in [0.3, 0.4) is 0 Å². The van der Waals surface area contributed by atoms with E-state index in [2.05, 4.69) is 33.1 Å². The van der Waals surface area contributed by atoms with Gasteiger partial charge in [-0.25, -0.2) is 4.79 Å². The predicted molar refractivity (Wildman–Crippen MR) is 281 cm³/mol. The van der Waals surface area contributed by atoms with Crippen LogP contribution in [-0.2, 0) is 73.3 Å². The SMILES string of the molecule is CCC(C)[C@@H](C(CC(=O)N1CCC[C@H]1[C@H](OC)[C@@H](C)C(=O)NC(Cc1ccccc1)C(=O)OC)OC)N(C)C(=O)[C@@H](NC(=O)[C@H](C(C)C)N(C)C(=O)CCOCCNC(=O)C#CC(=O)NCCOCCC(=O)O)C(C)C. The van der Waals surface area contributed by atoms with E-state index in [4.69, 9.17) is 28.8 Å². The van der Waals surface area contributed by atoms with Gasteiger partial charge in [0.2, 0.25) is 29.5 Å². The Morgan fingerprint density at radius 2 is 1.36 bits per heavy atom. The van der Waals surface area contributed by atoms with Crippen molar-refractivity contribution < 1.29 is 71.9 Å². The van der Waals surface area contributed by atoms with Gasteiger partial charge < -0.3 is 64.8 Å². The second-order valence-corrected chi connectivity index (χ2v) is 19.7. The molecule has 5 N–H and O–H groups in total. The molecule has 3 unspecified atom stereocenters. The summed E-state index contributed by atoms with van der Waals surface area (Å²) in [4.78, 5) is 122. The lowest BCUT2D eigenvalue weighted by atomic mass is 9.89. The summed E-state index contributed by atoms with van der Waals surface area (Å²) in [5.74, 6) is -2.39.